The molecule has 1 aliphatic heterocycles. The van der Waals surface area contributed by atoms with Crippen molar-refractivity contribution in [1.82, 2.24) is 0 Å². The summed E-state index contributed by atoms with van der Waals surface area (Å²) in [5.41, 5.74) is 2.47. The third-order valence-corrected chi connectivity index (χ3v) is 6.87. The van der Waals surface area contributed by atoms with Crippen LogP contribution in [0.4, 0.5) is 5.69 Å². The highest BCUT2D eigenvalue weighted by Gasteiger charge is 2.35. The van der Waals surface area contributed by atoms with Crippen molar-refractivity contribution in [2.45, 2.75) is 13.5 Å². The first-order valence-electron chi connectivity index (χ1n) is 10.6. The van der Waals surface area contributed by atoms with E-state index in [0.29, 0.717) is 45.4 Å². The van der Waals surface area contributed by atoms with Crippen molar-refractivity contribution < 1.29 is 19.0 Å². The van der Waals surface area contributed by atoms with Crippen molar-refractivity contribution in [3.05, 3.63) is 87.2 Å². The molecule has 0 atom stereocenters. The molecule has 1 amide bonds. The number of methoxy groups -OCH3 is 1. The molecule has 3 aromatic rings. The highest BCUT2D eigenvalue weighted by molar-refractivity contribution is 9.10. The monoisotopic (exact) mass is 555 g/mol. The third kappa shape index (κ3) is 5.29. The van der Waals surface area contributed by atoms with E-state index in [-0.39, 0.29) is 5.91 Å². The molecule has 0 unspecified atom stereocenters. The lowest BCUT2D eigenvalue weighted by Crippen LogP contribution is -2.27. The number of rotatable bonds is 8. The molecule has 4 rings (SSSR count). The average molecular weight is 557 g/mol. The van der Waals surface area contributed by atoms with Crippen LogP contribution in [0.2, 0.25) is 0 Å². The van der Waals surface area contributed by atoms with E-state index in [1.54, 1.807) is 13.2 Å². The normalized spacial score (nSPS) is 14.6. The standard InChI is InChI=1S/C26H22BrNO4S2/c1-3-31-22-14-18(13-19(27)24(22)32-16-17-9-5-4-6-10-17)15-23-25(29)28(26(33)34-23)20-11-7-8-12-21(20)30-2/h4-15H,3,16H2,1-2H3/b23-15+. The van der Waals surface area contributed by atoms with Crippen LogP contribution in [0.25, 0.3) is 6.08 Å². The van der Waals surface area contributed by atoms with E-state index in [1.165, 1.54) is 16.7 Å². The Balaban J connectivity index is 1.62. The summed E-state index contributed by atoms with van der Waals surface area (Å²) in [5, 5.41) is 0. The second-order valence-electron chi connectivity index (χ2n) is 7.23. The Bertz CT molecular complexity index is 1250. The quantitative estimate of drug-likeness (QED) is 0.224. The molecule has 1 aliphatic rings. The summed E-state index contributed by atoms with van der Waals surface area (Å²) in [6.07, 6.45) is 1.81. The summed E-state index contributed by atoms with van der Waals surface area (Å²) in [6, 6.07) is 21.0. The van der Waals surface area contributed by atoms with Crippen LogP contribution in [0.15, 0.2) is 76.1 Å². The van der Waals surface area contributed by atoms with E-state index in [9.17, 15) is 4.79 Å². The summed E-state index contributed by atoms with van der Waals surface area (Å²) in [4.78, 5) is 15.3. The lowest BCUT2D eigenvalue weighted by atomic mass is 10.1. The number of ether oxygens (including phenoxy) is 3. The minimum Gasteiger partial charge on any atom is -0.495 e. The number of hydrogen-bond acceptors (Lipinski definition) is 6. The molecular weight excluding hydrogens is 534 g/mol. The predicted octanol–water partition coefficient (Wildman–Crippen LogP) is 6.84. The smallest absolute Gasteiger partial charge is 0.270 e. The molecule has 0 aliphatic carbocycles. The fourth-order valence-corrected chi connectivity index (χ4v) is 5.30. The van der Waals surface area contributed by atoms with Crippen molar-refractivity contribution in [3.8, 4) is 17.2 Å². The molecule has 34 heavy (non-hydrogen) atoms. The number of carbonyl (C=O) groups excluding carboxylic acids is 1. The van der Waals surface area contributed by atoms with Crippen molar-refractivity contribution >= 4 is 61.9 Å². The van der Waals surface area contributed by atoms with Gasteiger partial charge < -0.3 is 14.2 Å². The number of anilines is 1. The Hall–Kier alpha value is -2.81. The summed E-state index contributed by atoms with van der Waals surface area (Å²) in [6.45, 7) is 2.81. The van der Waals surface area contributed by atoms with Crippen molar-refractivity contribution in [3.63, 3.8) is 0 Å². The van der Waals surface area contributed by atoms with Gasteiger partial charge in [0, 0.05) is 0 Å². The van der Waals surface area contributed by atoms with Gasteiger partial charge in [0.15, 0.2) is 15.8 Å². The molecule has 0 N–H and O–H groups in total. The maximum atomic E-state index is 13.2. The Kier molecular flexibility index (Phi) is 7.92. The molecule has 5 nitrogen and oxygen atoms in total. The van der Waals surface area contributed by atoms with Crippen LogP contribution < -0.4 is 19.1 Å². The van der Waals surface area contributed by atoms with E-state index in [2.05, 4.69) is 15.9 Å². The number of carbonyl (C=O) groups is 1. The van der Waals surface area contributed by atoms with Crippen LogP contribution in [0.1, 0.15) is 18.1 Å². The van der Waals surface area contributed by atoms with E-state index in [4.69, 9.17) is 26.4 Å². The van der Waals surface area contributed by atoms with E-state index in [0.717, 1.165) is 15.6 Å². The second kappa shape index (κ2) is 11.1. The van der Waals surface area contributed by atoms with Gasteiger partial charge in [0.25, 0.3) is 5.91 Å². The molecule has 174 valence electrons. The van der Waals surface area contributed by atoms with Crippen LogP contribution in [-0.4, -0.2) is 23.9 Å². The predicted molar refractivity (Wildman–Crippen MR) is 145 cm³/mol. The SMILES string of the molecule is CCOc1cc(/C=C2/SC(=S)N(c3ccccc3OC)C2=O)cc(Br)c1OCc1ccccc1. The molecule has 0 bridgehead atoms. The molecule has 0 radical (unpaired) electrons. The van der Waals surface area contributed by atoms with Gasteiger partial charge >= 0.3 is 0 Å². The summed E-state index contributed by atoms with van der Waals surface area (Å²) in [5.74, 6) is 1.60. The fraction of sp³-hybridized carbons (Fsp3) is 0.154. The highest BCUT2D eigenvalue weighted by Crippen LogP contribution is 2.42. The zero-order valence-electron chi connectivity index (χ0n) is 18.6. The number of benzene rings is 3. The molecule has 1 saturated heterocycles. The van der Waals surface area contributed by atoms with Gasteiger partial charge in [-0.15, -0.1) is 0 Å². The zero-order valence-corrected chi connectivity index (χ0v) is 21.8. The number of halogens is 1. The maximum absolute atomic E-state index is 13.2. The number of nitrogens with zero attached hydrogens (tertiary/aromatic N) is 1. The van der Waals surface area contributed by atoms with Gasteiger partial charge in [0.05, 0.1) is 28.8 Å². The number of thioether (sulfide) groups is 1. The van der Waals surface area contributed by atoms with Gasteiger partial charge in [-0.05, 0) is 64.3 Å². The largest absolute Gasteiger partial charge is 0.495 e. The number of hydrogen-bond donors (Lipinski definition) is 0. The Morgan fingerprint density at radius 1 is 1.03 bits per heavy atom. The lowest BCUT2D eigenvalue weighted by Gasteiger charge is -2.17. The average Bonchev–Trinajstić information content (AvgIpc) is 3.11. The van der Waals surface area contributed by atoms with Crippen molar-refractivity contribution in [2.75, 3.05) is 18.6 Å². The first-order chi connectivity index (χ1) is 16.5. The van der Waals surface area contributed by atoms with Crippen LogP contribution in [0.3, 0.4) is 0 Å². The molecular formula is C26H22BrNO4S2. The number of thiocarbonyl (C=S) groups is 1. The van der Waals surface area contributed by atoms with Crippen LogP contribution >= 0.6 is 39.9 Å². The summed E-state index contributed by atoms with van der Waals surface area (Å²) >= 11 is 10.4. The zero-order chi connectivity index (χ0) is 24.1. The van der Waals surface area contributed by atoms with E-state index in [1.807, 2.05) is 73.7 Å². The molecule has 0 aromatic heterocycles. The summed E-state index contributed by atoms with van der Waals surface area (Å²) < 4.78 is 18.5. The fourth-order valence-electron chi connectivity index (χ4n) is 3.45. The molecule has 0 saturated carbocycles. The van der Waals surface area contributed by atoms with Gasteiger partial charge in [0.1, 0.15) is 12.4 Å². The minimum absolute atomic E-state index is 0.196. The van der Waals surface area contributed by atoms with Gasteiger partial charge in [-0.3, -0.25) is 9.69 Å². The molecule has 1 fully saturated rings. The molecule has 8 heteroatoms. The molecule has 1 heterocycles. The van der Waals surface area contributed by atoms with Crippen LogP contribution in [0.5, 0.6) is 17.2 Å². The Labute approximate surface area is 216 Å². The highest BCUT2D eigenvalue weighted by atomic mass is 79.9. The number of para-hydroxylation sites is 2. The molecule has 0 spiro atoms. The topological polar surface area (TPSA) is 48.0 Å². The van der Waals surface area contributed by atoms with Gasteiger partial charge in [-0.25, -0.2) is 0 Å². The van der Waals surface area contributed by atoms with Gasteiger partial charge in [0.2, 0.25) is 0 Å². The van der Waals surface area contributed by atoms with E-state index >= 15 is 0 Å². The van der Waals surface area contributed by atoms with Crippen molar-refractivity contribution in [2.24, 2.45) is 0 Å². The third-order valence-electron chi connectivity index (χ3n) is 4.98. The van der Waals surface area contributed by atoms with Gasteiger partial charge in [-0.2, -0.15) is 0 Å². The Morgan fingerprint density at radius 2 is 1.76 bits per heavy atom. The first-order valence-corrected chi connectivity index (χ1v) is 12.6. The van der Waals surface area contributed by atoms with Gasteiger partial charge in [-0.1, -0.05) is 66.4 Å². The molecule has 3 aromatic carbocycles. The second-order valence-corrected chi connectivity index (χ2v) is 9.76. The van der Waals surface area contributed by atoms with Crippen LogP contribution in [0, 0.1) is 0 Å². The first kappa shape index (κ1) is 24.3. The maximum Gasteiger partial charge on any atom is 0.270 e. The van der Waals surface area contributed by atoms with Crippen molar-refractivity contribution in [1.29, 1.82) is 0 Å². The minimum atomic E-state index is -0.196. The van der Waals surface area contributed by atoms with Crippen LogP contribution in [-0.2, 0) is 11.4 Å². The number of amides is 1. The Morgan fingerprint density at radius 3 is 2.50 bits per heavy atom. The summed E-state index contributed by atoms with van der Waals surface area (Å²) in [7, 11) is 1.57. The lowest BCUT2D eigenvalue weighted by molar-refractivity contribution is -0.113. The van der Waals surface area contributed by atoms with E-state index < -0.39 is 0 Å².